The highest BCUT2D eigenvalue weighted by atomic mass is 32.2. The van der Waals surface area contributed by atoms with Gasteiger partial charge in [0.2, 0.25) is 0 Å². The van der Waals surface area contributed by atoms with E-state index in [1.807, 2.05) is 19.3 Å². The molecule has 7 heteroatoms. The van der Waals surface area contributed by atoms with Gasteiger partial charge in [-0.25, -0.2) is 9.97 Å². The first-order valence-corrected chi connectivity index (χ1v) is 9.83. The van der Waals surface area contributed by atoms with Crippen LogP contribution in [0.15, 0.2) is 23.6 Å². The van der Waals surface area contributed by atoms with Gasteiger partial charge in [-0.1, -0.05) is 13.3 Å². The van der Waals surface area contributed by atoms with Crippen LogP contribution in [0.5, 0.6) is 0 Å². The molecule has 0 spiro atoms. The normalized spacial score (nSPS) is 23.8. The number of hydrogen-bond acceptors (Lipinski definition) is 5. The van der Waals surface area contributed by atoms with Crippen LogP contribution in [0.3, 0.4) is 0 Å². The summed E-state index contributed by atoms with van der Waals surface area (Å²) in [6.07, 6.45) is 8.95. The maximum absolute atomic E-state index is 12.7. The van der Waals surface area contributed by atoms with Crippen LogP contribution in [-0.2, 0) is 4.79 Å². The summed E-state index contributed by atoms with van der Waals surface area (Å²) in [5, 5.41) is 4.24. The van der Waals surface area contributed by atoms with Crippen LogP contribution < -0.4 is 10.2 Å². The predicted molar refractivity (Wildman–Crippen MR) is 101 cm³/mol. The van der Waals surface area contributed by atoms with Gasteiger partial charge in [0.05, 0.1) is 10.3 Å². The van der Waals surface area contributed by atoms with Gasteiger partial charge in [0.25, 0.3) is 5.91 Å². The number of amides is 1. The Labute approximate surface area is 151 Å². The summed E-state index contributed by atoms with van der Waals surface area (Å²) in [5.41, 5.74) is 1.95. The van der Waals surface area contributed by atoms with Crippen molar-refractivity contribution in [2.45, 2.75) is 39.2 Å². The van der Waals surface area contributed by atoms with Crippen molar-refractivity contribution in [2.24, 2.45) is 5.92 Å². The Kier molecular flexibility index (Phi) is 4.41. The number of rotatable bonds is 3. The summed E-state index contributed by atoms with van der Waals surface area (Å²) >= 11 is 1.62. The number of nitrogens with one attached hydrogen (secondary N) is 2. The van der Waals surface area contributed by atoms with E-state index in [2.05, 4.69) is 32.1 Å². The molecule has 1 fully saturated rings. The third-order valence-electron chi connectivity index (χ3n) is 5.18. The van der Waals surface area contributed by atoms with Gasteiger partial charge >= 0.3 is 0 Å². The lowest BCUT2D eigenvalue weighted by Crippen LogP contribution is -2.38. The first kappa shape index (κ1) is 16.4. The molecule has 2 N–H and O–H groups in total. The maximum atomic E-state index is 12.7. The molecule has 132 valence electrons. The van der Waals surface area contributed by atoms with E-state index in [-0.39, 0.29) is 5.91 Å². The highest BCUT2D eigenvalue weighted by Gasteiger charge is 2.27. The number of carbonyl (C=O) groups excluding carboxylic acids is 1. The molecule has 2 aromatic heterocycles. The van der Waals surface area contributed by atoms with Crippen molar-refractivity contribution in [3.05, 3.63) is 29.2 Å². The van der Waals surface area contributed by atoms with Gasteiger partial charge in [-0.2, -0.15) is 0 Å². The lowest BCUT2D eigenvalue weighted by atomic mass is 10.1. The van der Waals surface area contributed by atoms with Crippen molar-refractivity contribution < 1.29 is 4.79 Å². The van der Waals surface area contributed by atoms with Gasteiger partial charge in [-0.3, -0.25) is 4.79 Å². The molecule has 1 saturated carbocycles. The van der Waals surface area contributed by atoms with E-state index in [0.29, 0.717) is 12.0 Å². The molecule has 0 radical (unpaired) electrons. The van der Waals surface area contributed by atoms with Gasteiger partial charge < -0.3 is 15.2 Å². The Balaban J connectivity index is 1.59. The molecule has 2 aliphatic rings. The molecule has 2 atom stereocenters. The van der Waals surface area contributed by atoms with Crippen molar-refractivity contribution >= 4 is 34.5 Å². The predicted octanol–water partition coefficient (Wildman–Crippen LogP) is 2.97. The summed E-state index contributed by atoms with van der Waals surface area (Å²) in [6.45, 7) is 5.10. The summed E-state index contributed by atoms with van der Waals surface area (Å²) in [7, 11) is 0. The molecule has 0 unspecified atom stereocenters. The van der Waals surface area contributed by atoms with Gasteiger partial charge in [-0.15, -0.1) is 11.8 Å². The number of hydrogen-bond donors (Lipinski definition) is 2. The van der Waals surface area contributed by atoms with Crippen LogP contribution in [-0.4, -0.2) is 39.2 Å². The van der Waals surface area contributed by atoms with Crippen molar-refractivity contribution in [1.82, 2.24) is 20.3 Å². The molecule has 6 nitrogen and oxygen atoms in total. The third kappa shape index (κ3) is 3.13. The minimum atomic E-state index is 0.0459. The number of nitrogens with zero attached hydrogens (tertiary/aromatic N) is 3. The van der Waals surface area contributed by atoms with Crippen LogP contribution in [0.4, 0.5) is 5.82 Å². The SMILES string of the molecule is Cc1c[nH]c2ncnc(N3C=C(C(=O)N[C@H]4CCC[C@H]4C)SCC3)c12. The van der Waals surface area contributed by atoms with Crippen molar-refractivity contribution in [2.75, 3.05) is 17.2 Å². The number of anilines is 1. The van der Waals surface area contributed by atoms with Crippen molar-refractivity contribution in [3.8, 4) is 0 Å². The molecule has 25 heavy (non-hydrogen) atoms. The Morgan fingerprint density at radius 2 is 2.28 bits per heavy atom. The van der Waals surface area contributed by atoms with E-state index in [1.165, 1.54) is 12.8 Å². The van der Waals surface area contributed by atoms with Crippen LogP contribution in [0.2, 0.25) is 0 Å². The van der Waals surface area contributed by atoms with Crippen LogP contribution >= 0.6 is 11.8 Å². The largest absolute Gasteiger partial charge is 0.349 e. The monoisotopic (exact) mass is 357 g/mol. The molecular formula is C18H23N5OS. The molecule has 4 rings (SSSR count). The maximum Gasteiger partial charge on any atom is 0.259 e. The highest BCUT2D eigenvalue weighted by Crippen LogP contribution is 2.31. The van der Waals surface area contributed by atoms with E-state index in [9.17, 15) is 4.79 Å². The Bertz CT molecular complexity index is 830. The van der Waals surface area contributed by atoms with E-state index < -0.39 is 0 Å². The molecular weight excluding hydrogens is 334 g/mol. The molecule has 2 aromatic rings. The average molecular weight is 357 g/mol. The van der Waals surface area contributed by atoms with Gasteiger partial charge in [-0.05, 0) is 31.2 Å². The molecule has 1 aliphatic carbocycles. The molecule has 0 aromatic carbocycles. The molecule has 1 amide bonds. The number of carbonyl (C=O) groups is 1. The average Bonchev–Trinajstić information content (AvgIpc) is 3.21. The summed E-state index contributed by atoms with van der Waals surface area (Å²) in [4.78, 5) is 27.5. The number of thioether (sulfide) groups is 1. The number of aromatic nitrogens is 3. The van der Waals surface area contributed by atoms with Crippen molar-refractivity contribution in [1.29, 1.82) is 0 Å². The quantitative estimate of drug-likeness (QED) is 0.883. The molecule has 3 heterocycles. The van der Waals surface area contributed by atoms with E-state index in [0.717, 1.165) is 46.0 Å². The first-order valence-electron chi connectivity index (χ1n) is 8.84. The lowest BCUT2D eigenvalue weighted by molar-refractivity contribution is -0.117. The topological polar surface area (TPSA) is 73.9 Å². The Morgan fingerprint density at radius 1 is 1.40 bits per heavy atom. The molecule has 0 saturated heterocycles. The standard InChI is InChI=1S/C18H23N5OS/c1-11-4-3-5-13(11)22-18(24)14-9-23(6-7-25-14)17-15-12(2)8-19-16(15)20-10-21-17/h8-11,13H,3-7H2,1-2H3,(H,22,24)(H,19,20,21)/t11-,13+/m1/s1. The van der Waals surface area contributed by atoms with Crippen LogP contribution in [0.1, 0.15) is 31.7 Å². The number of fused-ring (bicyclic) bond motifs is 1. The van der Waals surface area contributed by atoms with Crippen LogP contribution in [0, 0.1) is 12.8 Å². The molecule has 1 aliphatic heterocycles. The van der Waals surface area contributed by atoms with Crippen LogP contribution in [0.25, 0.3) is 11.0 Å². The second-order valence-corrected chi connectivity index (χ2v) is 8.05. The fraction of sp³-hybridized carbons (Fsp3) is 0.500. The zero-order valence-electron chi connectivity index (χ0n) is 14.6. The van der Waals surface area contributed by atoms with Crippen molar-refractivity contribution in [3.63, 3.8) is 0 Å². The fourth-order valence-electron chi connectivity index (χ4n) is 3.70. The van der Waals surface area contributed by atoms with E-state index in [1.54, 1.807) is 18.1 Å². The molecule has 0 bridgehead atoms. The first-order chi connectivity index (χ1) is 12.1. The second kappa shape index (κ2) is 6.71. The zero-order valence-corrected chi connectivity index (χ0v) is 15.4. The Morgan fingerprint density at radius 3 is 3.08 bits per heavy atom. The lowest BCUT2D eigenvalue weighted by Gasteiger charge is -2.26. The second-order valence-electron chi connectivity index (χ2n) is 6.92. The number of aromatic amines is 1. The van der Waals surface area contributed by atoms with Gasteiger partial charge in [0.1, 0.15) is 17.8 Å². The number of H-pyrrole nitrogens is 1. The third-order valence-corrected chi connectivity index (χ3v) is 6.17. The van der Waals surface area contributed by atoms with Gasteiger partial charge in [0.15, 0.2) is 0 Å². The highest BCUT2D eigenvalue weighted by molar-refractivity contribution is 8.04. The zero-order chi connectivity index (χ0) is 17.4. The minimum absolute atomic E-state index is 0.0459. The summed E-state index contributed by atoms with van der Waals surface area (Å²) in [5.74, 6) is 2.35. The minimum Gasteiger partial charge on any atom is -0.349 e. The van der Waals surface area contributed by atoms with E-state index in [4.69, 9.17) is 0 Å². The smallest absolute Gasteiger partial charge is 0.259 e. The van der Waals surface area contributed by atoms with E-state index >= 15 is 0 Å². The summed E-state index contributed by atoms with van der Waals surface area (Å²) < 4.78 is 0. The summed E-state index contributed by atoms with van der Waals surface area (Å²) in [6, 6.07) is 0.307. The fourth-order valence-corrected chi connectivity index (χ4v) is 4.60. The van der Waals surface area contributed by atoms with Gasteiger partial charge in [0, 0.05) is 30.7 Å². The number of aryl methyl sites for hydroxylation is 1. The Hall–Kier alpha value is -2.02.